The molecule has 2 heteroatoms. The van der Waals surface area contributed by atoms with E-state index in [0.717, 1.165) is 12.2 Å². The largest absolute Gasteiger partial charge is 0.381 e. The van der Waals surface area contributed by atoms with Gasteiger partial charge in [-0.15, -0.1) is 0 Å². The molecule has 0 saturated heterocycles. The molecule has 0 unspecified atom stereocenters. The van der Waals surface area contributed by atoms with Gasteiger partial charge in [0.2, 0.25) is 0 Å². The third-order valence-electron chi connectivity index (χ3n) is 6.05. The Morgan fingerprint density at radius 1 is 0.548 bits per heavy atom. The van der Waals surface area contributed by atoms with E-state index in [2.05, 4.69) is 125 Å². The molecule has 0 fully saturated rings. The first-order chi connectivity index (χ1) is 15.4. The Morgan fingerprint density at radius 2 is 1.26 bits per heavy atom. The molecule has 1 heterocycles. The summed E-state index contributed by atoms with van der Waals surface area (Å²) in [4.78, 5) is 0. The lowest BCUT2D eigenvalue weighted by Crippen LogP contribution is -2.00. The van der Waals surface area contributed by atoms with E-state index in [1.165, 1.54) is 43.8 Å². The lowest BCUT2D eigenvalue weighted by Gasteiger charge is -2.11. The first kappa shape index (κ1) is 17.8. The molecule has 0 aliphatic carbocycles. The van der Waals surface area contributed by atoms with Gasteiger partial charge in [-0.05, 0) is 52.7 Å². The third-order valence-corrected chi connectivity index (χ3v) is 6.05. The van der Waals surface area contributed by atoms with Crippen LogP contribution in [0.4, 0.5) is 5.69 Å². The van der Waals surface area contributed by atoms with Crippen LogP contribution in [0.1, 0.15) is 5.56 Å². The molecule has 148 valence electrons. The zero-order valence-corrected chi connectivity index (χ0v) is 17.1. The number of nitrogens with zero attached hydrogens (tertiary/aromatic N) is 1. The van der Waals surface area contributed by atoms with Crippen LogP contribution in [-0.2, 0) is 6.54 Å². The first-order valence-electron chi connectivity index (χ1n) is 10.7. The molecule has 0 bridgehead atoms. The Labute approximate surface area is 181 Å². The van der Waals surface area contributed by atoms with Gasteiger partial charge in [0.15, 0.2) is 0 Å². The molecule has 31 heavy (non-hydrogen) atoms. The summed E-state index contributed by atoms with van der Waals surface area (Å²) in [6, 6.07) is 41.0. The van der Waals surface area contributed by atoms with E-state index >= 15 is 0 Å². The van der Waals surface area contributed by atoms with Gasteiger partial charge in [-0.1, -0.05) is 78.9 Å². The molecule has 0 spiro atoms. The van der Waals surface area contributed by atoms with E-state index in [1.54, 1.807) is 0 Å². The standard InChI is InChI=1S/C29H22N2/c1-2-12-24(13-3-1)31-28-16-7-6-15-26(28)27-19-23(17-18-29(27)31)30-20-22-11-8-10-21-9-4-5-14-25(21)22/h1-19,30H,20H2. The van der Waals surface area contributed by atoms with Crippen molar-refractivity contribution in [2.75, 3.05) is 5.32 Å². The smallest absolute Gasteiger partial charge is 0.0542 e. The Bertz CT molecular complexity index is 1520. The van der Waals surface area contributed by atoms with Crippen LogP contribution in [0.5, 0.6) is 0 Å². The normalized spacial score (nSPS) is 11.4. The van der Waals surface area contributed by atoms with Crippen molar-refractivity contribution in [3.05, 3.63) is 121 Å². The highest BCUT2D eigenvalue weighted by atomic mass is 15.0. The molecule has 6 aromatic rings. The summed E-state index contributed by atoms with van der Waals surface area (Å²) in [6.45, 7) is 0.796. The topological polar surface area (TPSA) is 17.0 Å². The third kappa shape index (κ3) is 3.04. The second kappa shape index (κ2) is 7.33. The van der Waals surface area contributed by atoms with Crippen molar-refractivity contribution >= 4 is 38.3 Å². The Kier molecular flexibility index (Phi) is 4.21. The maximum absolute atomic E-state index is 3.65. The SMILES string of the molecule is c1ccc(-n2c3ccccc3c3cc(NCc4cccc5ccccc45)ccc32)cc1. The molecule has 0 atom stereocenters. The average Bonchev–Trinajstić information content (AvgIpc) is 3.17. The number of hydrogen-bond acceptors (Lipinski definition) is 1. The van der Waals surface area contributed by atoms with Crippen molar-refractivity contribution < 1.29 is 0 Å². The molecule has 0 saturated carbocycles. The van der Waals surface area contributed by atoms with E-state index in [0.29, 0.717) is 0 Å². The number of hydrogen-bond donors (Lipinski definition) is 1. The zero-order chi connectivity index (χ0) is 20.6. The summed E-state index contributed by atoms with van der Waals surface area (Å²) in [5.41, 5.74) is 6.09. The van der Waals surface area contributed by atoms with Crippen LogP contribution in [0.2, 0.25) is 0 Å². The van der Waals surface area contributed by atoms with Gasteiger partial charge in [0.1, 0.15) is 0 Å². The van der Waals surface area contributed by atoms with E-state index < -0.39 is 0 Å². The van der Waals surface area contributed by atoms with Gasteiger partial charge in [-0.3, -0.25) is 0 Å². The van der Waals surface area contributed by atoms with Crippen molar-refractivity contribution in [3.8, 4) is 5.69 Å². The maximum Gasteiger partial charge on any atom is 0.0542 e. The van der Waals surface area contributed by atoms with Gasteiger partial charge in [0.05, 0.1) is 11.0 Å². The van der Waals surface area contributed by atoms with Crippen LogP contribution >= 0.6 is 0 Å². The van der Waals surface area contributed by atoms with Crippen LogP contribution in [0.3, 0.4) is 0 Å². The molecule has 0 aliphatic rings. The van der Waals surface area contributed by atoms with E-state index in [4.69, 9.17) is 0 Å². The van der Waals surface area contributed by atoms with E-state index in [9.17, 15) is 0 Å². The molecule has 0 aliphatic heterocycles. The summed E-state index contributed by atoms with van der Waals surface area (Å²) in [5.74, 6) is 0. The van der Waals surface area contributed by atoms with Crippen molar-refractivity contribution in [1.82, 2.24) is 4.57 Å². The summed E-state index contributed by atoms with van der Waals surface area (Å²) in [7, 11) is 0. The first-order valence-corrected chi connectivity index (χ1v) is 10.7. The predicted molar refractivity (Wildman–Crippen MR) is 132 cm³/mol. The van der Waals surface area contributed by atoms with Crippen LogP contribution in [0.25, 0.3) is 38.3 Å². The van der Waals surface area contributed by atoms with Crippen LogP contribution in [0, 0.1) is 0 Å². The Balaban J connectivity index is 1.43. The van der Waals surface area contributed by atoms with Gasteiger partial charge in [0, 0.05) is 28.7 Å². The Hall–Kier alpha value is -4.04. The van der Waals surface area contributed by atoms with Gasteiger partial charge in [-0.25, -0.2) is 0 Å². The lowest BCUT2D eigenvalue weighted by molar-refractivity contribution is 1.16. The second-order valence-electron chi connectivity index (χ2n) is 7.91. The quantitative estimate of drug-likeness (QED) is 0.324. The monoisotopic (exact) mass is 398 g/mol. The minimum Gasteiger partial charge on any atom is -0.381 e. The molecule has 0 radical (unpaired) electrons. The van der Waals surface area contributed by atoms with Crippen LogP contribution < -0.4 is 5.32 Å². The molecule has 5 aromatic carbocycles. The van der Waals surface area contributed by atoms with Crippen molar-refractivity contribution in [2.45, 2.75) is 6.54 Å². The summed E-state index contributed by atoms with van der Waals surface area (Å²) < 4.78 is 2.35. The highest BCUT2D eigenvalue weighted by Gasteiger charge is 2.12. The number of benzene rings is 5. The number of fused-ring (bicyclic) bond motifs is 4. The Morgan fingerprint density at radius 3 is 2.16 bits per heavy atom. The summed E-state index contributed by atoms with van der Waals surface area (Å²) in [5, 5.41) is 8.77. The van der Waals surface area contributed by atoms with Crippen LogP contribution in [-0.4, -0.2) is 4.57 Å². The van der Waals surface area contributed by atoms with Crippen molar-refractivity contribution in [3.63, 3.8) is 0 Å². The fourth-order valence-corrected chi connectivity index (χ4v) is 4.58. The molecule has 2 nitrogen and oxygen atoms in total. The minimum absolute atomic E-state index is 0.796. The number of aromatic nitrogens is 1. The van der Waals surface area contributed by atoms with E-state index in [1.807, 2.05) is 0 Å². The van der Waals surface area contributed by atoms with Crippen molar-refractivity contribution in [1.29, 1.82) is 0 Å². The number of anilines is 1. The van der Waals surface area contributed by atoms with Gasteiger partial charge in [-0.2, -0.15) is 0 Å². The number of para-hydroxylation sites is 2. The maximum atomic E-state index is 3.65. The predicted octanol–water partition coefficient (Wildman–Crippen LogP) is 7.55. The van der Waals surface area contributed by atoms with E-state index in [-0.39, 0.29) is 0 Å². The lowest BCUT2D eigenvalue weighted by atomic mass is 10.0. The highest BCUT2D eigenvalue weighted by molar-refractivity contribution is 6.10. The van der Waals surface area contributed by atoms with Gasteiger partial charge < -0.3 is 9.88 Å². The van der Waals surface area contributed by atoms with Gasteiger partial charge >= 0.3 is 0 Å². The average molecular weight is 399 g/mol. The second-order valence-corrected chi connectivity index (χ2v) is 7.91. The zero-order valence-electron chi connectivity index (χ0n) is 17.1. The fourth-order valence-electron chi connectivity index (χ4n) is 4.58. The number of rotatable bonds is 4. The molecule has 0 amide bonds. The van der Waals surface area contributed by atoms with Crippen molar-refractivity contribution in [2.24, 2.45) is 0 Å². The molecule has 6 rings (SSSR count). The summed E-state index contributed by atoms with van der Waals surface area (Å²) >= 11 is 0. The van der Waals surface area contributed by atoms with Crippen LogP contribution in [0.15, 0.2) is 115 Å². The molecule has 1 N–H and O–H groups in total. The summed E-state index contributed by atoms with van der Waals surface area (Å²) in [6.07, 6.45) is 0. The highest BCUT2D eigenvalue weighted by Crippen LogP contribution is 2.33. The minimum atomic E-state index is 0.796. The number of nitrogens with one attached hydrogen (secondary N) is 1. The molecular weight excluding hydrogens is 376 g/mol. The molecular formula is C29H22N2. The fraction of sp³-hybridized carbons (Fsp3) is 0.0345. The molecule has 1 aromatic heterocycles. The van der Waals surface area contributed by atoms with Gasteiger partial charge in [0.25, 0.3) is 0 Å².